The zero-order valence-corrected chi connectivity index (χ0v) is 22.0. The second-order valence-electron chi connectivity index (χ2n) is 10.6. The third kappa shape index (κ3) is 5.08. The molecular formula is C31H33F4N2O2+. The quantitative estimate of drug-likeness (QED) is 0.356. The minimum absolute atomic E-state index is 0.204. The van der Waals surface area contributed by atoms with E-state index in [0.29, 0.717) is 51.5 Å². The van der Waals surface area contributed by atoms with Crippen LogP contribution in [0, 0.1) is 29.2 Å². The van der Waals surface area contributed by atoms with Gasteiger partial charge in [-0.2, -0.15) is 0 Å². The van der Waals surface area contributed by atoms with Crippen LogP contribution < -0.4 is 4.90 Å². The standard InChI is InChI=1S/C31H32F4N2O2/c1-21(20-36-15-17-39-18-16-36)31(30(38)37-13-5-6-14-37,27-28(34)25(32)19-26(33)29(27)35)24-11-9-23(10-12-24)22-7-3-2-4-8-22/h2-4,7-12,19,21H,5-6,13-18,20H2,1H3/p+1/t21-,31?/m0/s1. The van der Waals surface area contributed by atoms with Gasteiger partial charge in [0.15, 0.2) is 23.3 Å². The Hall–Kier alpha value is -3.23. The Kier molecular flexibility index (Phi) is 8.05. The average Bonchev–Trinajstić information content (AvgIpc) is 3.50. The number of nitrogens with zero attached hydrogens (tertiary/aromatic N) is 1. The molecule has 0 aliphatic carbocycles. The first-order chi connectivity index (χ1) is 18.8. The van der Waals surface area contributed by atoms with E-state index >= 15 is 8.78 Å². The molecule has 2 heterocycles. The van der Waals surface area contributed by atoms with Gasteiger partial charge in [-0.3, -0.25) is 4.79 Å². The van der Waals surface area contributed by atoms with Gasteiger partial charge in [0.2, 0.25) is 5.91 Å². The molecule has 0 saturated carbocycles. The lowest BCUT2D eigenvalue weighted by atomic mass is 9.64. The van der Waals surface area contributed by atoms with Crippen molar-refractivity contribution in [1.29, 1.82) is 0 Å². The molecule has 3 aromatic rings. The predicted octanol–water partition coefficient (Wildman–Crippen LogP) is 4.37. The van der Waals surface area contributed by atoms with Crippen LogP contribution in [0.1, 0.15) is 30.9 Å². The maximum Gasteiger partial charge on any atom is 0.238 e. The van der Waals surface area contributed by atoms with Crippen LogP contribution in [0.3, 0.4) is 0 Å². The molecule has 0 spiro atoms. The zero-order valence-electron chi connectivity index (χ0n) is 22.0. The molecule has 1 unspecified atom stereocenters. The minimum Gasteiger partial charge on any atom is -0.370 e. The Bertz CT molecular complexity index is 1280. The van der Waals surface area contributed by atoms with Crippen LogP contribution >= 0.6 is 0 Å². The van der Waals surface area contributed by atoms with Crippen molar-refractivity contribution < 1.29 is 32.0 Å². The number of rotatable bonds is 7. The Balaban J connectivity index is 1.74. The molecule has 206 valence electrons. The van der Waals surface area contributed by atoms with E-state index in [0.717, 1.165) is 28.9 Å². The van der Waals surface area contributed by atoms with Crippen LogP contribution in [-0.4, -0.2) is 56.7 Å². The highest BCUT2D eigenvalue weighted by Crippen LogP contribution is 2.45. The molecular weight excluding hydrogens is 508 g/mol. The second kappa shape index (κ2) is 11.5. The van der Waals surface area contributed by atoms with E-state index in [2.05, 4.69) is 0 Å². The van der Waals surface area contributed by atoms with E-state index < -0.39 is 46.1 Å². The van der Waals surface area contributed by atoms with Crippen LogP contribution in [0.15, 0.2) is 60.7 Å². The number of morpholine rings is 1. The number of likely N-dealkylation sites (tertiary alicyclic amines) is 1. The molecule has 2 saturated heterocycles. The van der Waals surface area contributed by atoms with Crippen molar-refractivity contribution >= 4 is 5.91 Å². The highest BCUT2D eigenvalue weighted by atomic mass is 19.2. The summed E-state index contributed by atoms with van der Waals surface area (Å²) in [5, 5.41) is 0. The molecule has 0 aromatic heterocycles. The average molecular weight is 542 g/mol. The minimum atomic E-state index is -1.98. The predicted molar refractivity (Wildman–Crippen MR) is 140 cm³/mol. The SMILES string of the molecule is C[C@@H](C[NH+]1CCOCC1)C(C(=O)N1CCCC1)(c1ccc(-c2ccccc2)cc1)c1c(F)c(F)cc(F)c1F. The van der Waals surface area contributed by atoms with Crippen LogP contribution in [-0.2, 0) is 14.9 Å². The summed E-state index contributed by atoms with van der Waals surface area (Å²) in [5.74, 6) is -7.33. The summed E-state index contributed by atoms with van der Waals surface area (Å²) in [6.45, 7) is 5.32. The van der Waals surface area contributed by atoms with Crippen molar-refractivity contribution in [3.05, 3.63) is 95.1 Å². The number of hydrogen-bond acceptors (Lipinski definition) is 2. The van der Waals surface area contributed by atoms with E-state index in [-0.39, 0.29) is 6.07 Å². The maximum atomic E-state index is 15.8. The van der Waals surface area contributed by atoms with Crippen LogP contribution in [0.4, 0.5) is 17.6 Å². The monoisotopic (exact) mass is 541 g/mol. The van der Waals surface area contributed by atoms with Gasteiger partial charge in [0, 0.05) is 25.1 Å². The zero-order chi connectivity index (χ0) is 27.6. The number of benzene rings is 3. The van der Waals surface area contributed by atoms with E-state index in [1.165, 1.54) is 0 Å². The van der Waals surface area contributed by atoms with Gasteiger partial charge in [-0.1, -0.05) is 61.5 Å². The summed E-state index contributed by atoms with van der Waals surface area (Å²) in [4.78, 5) is 17.2. The van der Waals surface area contributed by atoms with E-state index in [1.807, 2.05) is 30.3 Å². The van der Waals surface area contributed by atoms with E-state index in [1.54, 1.807) is 36.1 Å². The normalized spacial score (nSPS) is 18.6. The van der Waals surface area contributed by atoms with Crippen LogP contribution in [0.2, 0.25) is 0 Å². The first-order valence-electron chi connectivity index (χ1n) is 13.5. The number of halogens is 4. The van der Waals surface area contributed by atoms with Gasteiger partial charge in [0.25, 0.3) is 0 Å². The highest BCUT2D eigenvalue weighted by molar-refractivity contribution is 5.93. The van der Waals surface area contributed by atoms with Gasteiger partial charge in [-0.15, -0.1) is 0 Å². The third-order valence-corrected chi connectivity index (χ3v) is 8.22. The molecule has 3 aromatic carbocycles. The summed E-state index contributed by atoms with van der Waals surface area (Å²) in [7, 11) is 0. The maximum absolute atomic E-state index is 15.8. The summed E-state index contributed by atoms with van der Waals surface area (Å²) in [5.41, 5.74) is -0.756. The topological polar surface area (TPSA) is 34.0 Å². The first-order valence-corrected chi connectivity index (χ1v) is 13.5. The molecule has 0 radical (unpaired) electrons. The largest absolute Gasteiger partial charge is 0.370 e. The molecule has 1 amide bonds. The lowest BCUT2D eigenvalue weighted by molar-refractivity contribution is -0.911. The van der Waals surface area contributed by atoms with Crippen molar-refractivity contribution in [3.63, 3.8) is 0 Å². The molecule has 39 heavy (non-hydrogen) atoms. The Morgan fingerprint density at radius 1 is 0.897 bits per heavy atom. The first kappa shape index (κ1) is 27.3. The summed E-state index contributed by atoms with van der Waals surface area (Å²) in [6.07, 6.45) is 1.50. The van der Waals surface area contributed by atoms with Gasteiger partial charge in [-0.05, 0) is 29.5 Å². The number of carbonyl (C=O) groups excluding carboxylic acids is 1. The van der Waals surface area contributed by atoms with E-state index in [4.69, 9.17) is 4.74 Å². The van der Waals surface area contributed by atoms with Gasteiger partial charge in [-0.25, -0.2) is 17.6 Å². The molecule has 4 nitrogen and oxygen atoms in total. The number of ether oxygens (including phenoxy) is 1. The smallest absolute Gasteiger partial charge is 0.238 e. The lowest BCUT2D eigenvalue weighted by Gasteiger charge is -2.42. The molecule has 1 N–H and O–H groups in total. The molecule has 2 fully saturated rings. The van der Waals surface area contributed by atoms with Gasteiger partial charge in [0.05, 0.1) is 25.3 Å². The fourth-order valence-corrected chi connectivity index (χ4v) is 6.21. The van der Waals surface area contributed by atoms with Crippen LogP contribution in [0.5, 0.6) is 0 Å². The molecule has 2 atom stereocenters. The Labute approximate surface area is 226 Å². The molecule has 2 aliphatic heterocycles. The number of amides is 1. The van der Waals surface area contributed by atoms with Crippen molar-refractivity contribution in [2.45, 2.75) is 25.2 Å². The lowest BCUT2D eigenvalue weighted by Crippen LogP contribution is -3.15. The second-order valence-corrected chi connectivity index (χ2v) is 10.6. The summed E-state index contributed by atoms with van der Waals surface area (Å²) >= 11 is 0. The fourth-order valence-electron chi connectivity index (χ4n) is 6.21. The molecule has 0 bridgehead atoms. The van der Waals surface area contributed by atoms with Crippen molar-refractivity contribution in [3.8, 4) is 11.1 Å². The Morgan fingerprint density at radius 2 is 1.46 bits per heavy atom. The molecule has 8 heteroatoms. The third-order valence-electron chi connectivity index (χ3n) is 8.22. The van der Waals surface area contributed by atoms with Gasteiger partial charge in [0.1, 0.15) is 18.5 Å². The van der Waals surface area contributed by atoms with Crippen molar-refractivity contribution in [2.24, 2.45) is 5.92 Å². The van der Waals surface area contributed by atoms with Crippen LogP contribution in [0.25, 0.3) is 11.1 Å². The fraction of sp³-hybridized carbons (Fsp3) is 0.387. The molecule has 2 aliphatic rings. The highest BCUT2D eigenvalue weighted by Gasteiger charge is 2.54. The number of quaternary nitrogens is 1. The number of carbonyl (C=O) groups is 1. The summed E-state index contributed by atoms with van der Waals surface area (Å²) in [6, 6.07) is 16.7. The number of nitrogens with one attached hydrogen (secondary N) is 1. The number of hydrogen-bond donors (Lipinski definition) is 1. The van der Waals surface area contributed by atoms with E-state index in [9.17, 15) is 13.6 Å². The Morgan fingerprint density at radius 3 is 2.05 bits per heavy atom. The van der Waals surface area contributed by atoms with Crippen molar-refractivity contribution in [1.82, 2.24) is 4.90 Å². The van der Waals surface area contributed by atoms with Gasteiger partial charge < -0.3 is 14.5 Å². The van der Waals surface area contributed by atoms with Crippen molar-refractivity contribution in [2.75, 3.05) is 45.9 Å². The van der Waals surface area contributed by atoms with Gasteiger partial charge >= 0.3 is 0 Å². The molecule has 5 rings (SSSR count). The summed E-state index contributed by atoms with van der Waals surface area (Å²) < 4.78 is 66.6.